The van der Waals surface area contributed by atoms with Gasteiger partial charge < -0.3 is 14.2 Å². The molecular formula is C26H22F4N4O5. The van der Waals surface area contributed by atoms with Crippen molar-refractivity contribution in [1.29, 1.82) is 0 Å². The van der Waals surface area contributed by atoms with E-state index >= 15 is 0 Å². The molecule has 2 heterocycles. The Labute approximate surface area is 219 Å². The van der Waals surface area contributed by atoms with Crippen molar-refractivity contribution in [1.82, 2.24) is 19.6 Å². The Morgan fingerprint density at radius 3 is 2.15 bits per heavy atom. The molecule has 0 fully saturated rings. The monoisotopic (exact) mass is 546 g/mol. The molecule has 0 saturated carbocycles. The molecule has 204 valence electrons. The van der Waals surface area contributed by atoms with Crippen molar-refractivity contribution in [3.63, 3.8) is 0 Å². The minimum atomic E-state index is -3.06. The standard InChI is InChI=1S/C26H22F4N4O5/c1-37-19-10-9-14(11-15(19)13-33-18(24(29)30)12-17(31-33)23(27)28)21-20(25(35)38-2)22(26(36)39-3)34(32-21)16-7-5-4-6-8-16/h4-12,23-24H,13H2,1-3H3. The lowest BCUT2D eigenvalue weighted by Gasteiger charge is -2.13. The Balaban J connectivity index is 1.92. The van der Waals surface area contributed by atoms with Crippen molar-refractivity contribution in [3.8, 4) is 22.7 Å². The number of nitrogens with zero attached hydrogens (tertiary/aromatic N) is 4. The van der Waals surface area contributed by atoms with Gasteiger partial charge in [0.05, 0.1) is 33.6 Å². The topological polar surface area (TPSA) is 97.5 Å². The molecule has 0 atom stereocenters. The quantitative estimate of drug-likeness (QED) is 0.209. The highest BCUT2D eigenvalue weighted by Gasteiger charge is 2.32. The molecule has 0 aliphatic heterocycles. The number of carbonyl (C=O) groups excluding carboxylic acids is 2. The molecule has 0 spiro atoms. The lowest BCUT2D eigenvalue weighted by atomic mass is 10.0. The number of rotatable bonds is 9. The van der Waals surface area contributed by atoms with Crippen LogP contribution in [0, 0.1) is 0 Å². The molecule has 9 nitrogen and oxygen atoms in total. The van der Waals surface area contributed by atoms with Gasteiger partial charge in [0.1, 0.15) is 28.4 Å². The zero-order valence-electron chi connectivity index (χ0n) is 20.9. The predicted molar refractivity (Wildman–Crippen MR) is 129 cm³/mol. The smallest absolute Gasteiger partial charge is 0.357 e. The van der Waals surface area contributed by atoms with Crippen LogP contribution in [0.5, 0.6) is 5.75 Å². The van der Waals surface area contributed by atoms with E-state index in [1.54, 1.807) is 30.3 Å². The lowest BCUT2D eigenvalue weighted by Crippen LogP contribution is -2.15. The van der Waals surface area contributed by atoms with E-state index in [4.69, 9.17) is 14.2 Å². The van der Waals surface area contributed by atoms with Crippen LogP contribution in [-0.2, 0) is 16.0 Å². The Kier molecular flexibility index (Phi) is 7.98. The van der Waals surface area contributed by atoms with Crippen molar-refractivity contribution in [3.05, 3.63) is 82.8 Å². The van der Waals surface area contributed by atoms with Gasteiger partial charge in [-0.1, -0.05) is 18.2 Å². The molecule has 4 aromatic rings. The molecule has 0 saturated heterocycles. The van der Waals surface area contributed by atoms with Crippen LogP contribution in [0.25, 0.3) is 16.9 Å². The molecular weight excluding hydrogens is 524 g/mol. The number of carbonyl (C=O) groups is 2. The number of esters is 2. The van der Waals surface area contributed by atoms with Crippen LogP contribution in [0.3, 0.4) is 0 Å². The van der Waals surface area contributed by atoms with Crippen LogP contribution in [-0.4, -0.2) is 52.8 Å². The lowest BCUT2D eigenvalue weighted by molar-refractivity contribution is 0.0549. The zero-order chi connectivity index (χ0) is 28.3. The molecule has 2 aromatic heterocycles. The minimum Gasteiger partial charge on any atom is -0.496 e. The van der Waals surface area contributed by atoms with Gasteiger partial charge in [-0.2, -0.15) is 10.2 Å². The number of ether oxygens (including phenoxy) is 3. The summed E-state index contributed by atoms with van der Waals surface area (Å²) in [6.07, 6.45) is -6.10. The maximum Gasteiger partial charge on any atom is 0.357 e. The van der Waals surface area contributed by atoms with E-state index in [9.17, 15) is 27.2 Å². The van der Waals surface area contributed by atoms with Crippen molar-refractivity contribution in [2.75, 3.05) is 21.3 Å². The Morgan fingerprint density at radius 2 is 1.56 bits per heavy atom. The first-order valence-electron chi connectivity index (χ1n) is 11.4. The van der Waals surface area contributed by atoms with E-state index < -0.39 is 36.2 Å². The van der Waals surface area contributed by atoms with Gasteiger partial charge in [-0.15, -0.1) is 0 Å². The van der Waals surface area contributed by atoms with E-state index in [1.807, 2.05) is 0 Å². The van der Waals surface area contributed by atoms with Gasteiger partial charge in [-0.05, 0) is 36.4 Å². The van der Waals surface area contributed by atoms with Crippen molar-refractivity contribution in [2.45, 2.75) is 19.4 Å². The van der Waals surface area contributed by atoms with Gasteiger partial charge in [0.2, 0.25) is 0 Å². The molecule has 0 aliphatic carbocycles. The molecule has 0 bridgehead atoms. The molecule has 39 heavy (non-hydrogen) atoms. The molecule has 0 amide bonds. The van der Waals surface area contributed by atoms with Gasteiger partial charge >= 0.3 is 11.9 Å². The number of aromatic nitrogens is 4. The first kappa shape index (κ1) is 27.4. The summed E-state index contributed by atoms with van der Waals surface area (Å²) >= 11 is 0. The van der Waals surface area contributed by atoms with Crippen LogP contribution in [0.4, 0.5) is 17.6 Å². The molecule has 0 N–H and O–H groups in total. The fourth-order valence-electron chi connectivity index (χ4n) is 4.03. The normalized spacial score (nSPS) is 11.2. The summed E-state index contributed by atoms with van der Waals surface area (Å²) in [5.74, 6) is -1.49. The number of hydrogen-bond donors (Lipinski definition) is 0. The van der Waals surface area contributed by atoms with Crippen LogP contribution < -0.4 is 4.74 Å². The van der Waals surface area contributed by atoms with Crippen molar-refractivity contribution >= 4 is 11.9 Å². The van der Waals surface area contributed by atoms with Crippen molar-refractivity contribution < 1.29 is 41.4 Å². The molecule has 0 unspecified atom stereocenters. The van der Waals surface area contributed by atoms with Crippen LogP contribution in [0.15, 0.2) is 54.6 Å². The number of hydrogen-bond acceptors (Lipinski definition) is 7. The van der Waals surface area contributed by atoms with Gasteiger partial charge in [0.15, 0.2) is 5.69 Å². The van der Waals surface area contributed by atoms with E-state index in [1.165, 1.54) is 30.0 Å². The summed E-state index contributed by atoms with van der Waals surface area (Å²) in [5, 5.41) is 8.13. The maximum atomic E-state index is 13.6. The van der Waals surface area contributed by atoms with Crippen molar-refractivity contribution in [2.24, 2.45) is 0 Å². The fourth-order valence-corrected chi connectivity index (χ4v) is 4.03. The van der Waals surface area contributed by atoms with Crippen LogP contribution >= 0.6 is 0 Å². The number of halogens is 4. The third-order valence-corrected chi connectivity index (χ3v) is 5.81. The number of alkyl halides is 4. The summed E-state index contributed by atoms with van der Waals surface area (Å²) in [6, 6.07) is 13.6. The van der Waals surface area contributed by atoms with Gasteiger partial charge in [0.25, 0.3) is 12.9 Å². The highest BCUT2D eigenvalue weighted by Crippen LogP contribution is 2.33. The van der Waals surface area contributed by atoms with Gasteiger partial charge in [0, 0.05) is 11.1 Å². The highest BCUT2D eigenvalue weighted by atomic mass is 19.3. The Hall–Kier alpha value is -4.68. The highest BCUT2D eigenvalue weighted by molar-refractivity contribution is 6.06. The largest absolute Gasteiger partial charge is 0.496 e. The SMILES string of the molecule is COC(=O)c1c(-c2ccc(OC)c(Cn3nc(C(F)F)cc3C(F)F)c2)nn(-c2ccccc2)c1C(=O)OC. The average molecular weight is 546 g/mol. The molecule has 0 radical (unpaired) electrons. The predicted octanol–water partition coefficient (Wildman–Crippen LogP) is 5.24. The Morgan fingerprint density at radius 1 is 0.872 bits per heavy atom. The average Bonchev–Trinajstić information content (AvgIpc) is 3.55. The second-order valence-corrected chi connectivity index (χ2v) is 8.08. The van der Waals surface area contributed by atoms with E-state index in [-0.39, 0.29) is 40.4 Å². The summed E-state index contributed by atoms with van der Waals surface area (Å²) in [6.45, 7) is -0.361. The third kappa shape index (κ3) is 5.33. The maximum absolute atomic E-state index is 13.6. The third-order valence-electron chi connectivity index (χ3n) is 5.81. The first-order valence-corrected chi connectivity index (χ1v) is 11.4. The molecule has 0 aliphatic rings. The van der Waals surface area contributed by atoms with Crippen LogP contribution in [0.2, 0.25) is 0 Å². The number of para-hydroxylation sites is 1. The summed E-state index contributed by atoms with van der Waals surface area (Å²) in [4.78, 5) is 25.7. The summed E-state index contributed by atoms with van der Waals surface area (Å²) in [5.41, 5.74) is -0.866. The van der Waals surface area contributed by atoms with E-state index in [0.717, 1.165) is 18.9 Å². The summed E-state index contributed by atoms with van der Waals surface area (Å²) in [7, 11) is 3.63. The number of methoxy groups -OCH3 is 3. The molecule has 4 rings (SSSR count). The van der Waals surface area contributed by atoms with Crippen LogP contribution in [0.1, 0.15) is 50.6 Å². The Bertz CT molecular complexity index is 1500. The van der Waals surface area contributed by atoms with E-state index in [2.05, 4.69) is 10.2 Å². The molecule has 13 heteroatoms. The molecule has 2 aromatic carbocycles. The second-order valence-electron chi connectivity index (χ2n) is 8.08. The first-order chi connectivity index (χ1) is 18.7. The second kappa shape index (κ2) is 11.4. The van der Waals surface area contributed by atoms with Gasteiger partial charge in [-0.25, -0.2) is 31.8 Å². The summed E-state index contributed by atoms with van der Waals surface area (Å²) < 4.78 is 70.7. The minimum absolute atomic E-state index is 0.0258. The van der Waals surface area contributed by atoms with E-state index in [0.29, 0.717) is 11.8 Å². The fraction of sp³-hybridized carbons (Fsp3) is 0.231. The van der Waals surface area contributed by atoms with Gasteiger partial charge in [-0.3, -0.25) is 4.68 Å². The number of benzene rings is 2. The zero-order valence-corrected chi connectivity index (χ0v) is 20.9.